The molecule has 2 bridgehead atoms. The molecular formula is C32H24N2O3. The van der Waals surface area contributed by atoms with E-state index in [1.54, 1.807) is 24.3 Å². The molecule has 37 heavy (non-hydrogen) atoms. The summed E-state index contributed by atoms with van der Waals surface area (Å²) in [5.74, 6) is -1.52. The normalized spacial score (nSPS) is 25.3. The van der Waals surface area contributed by atoms with Gasteiger partial charge in [-0.25, -0.2) is 4.90 Å². The van der Waals surface area contributed by atoms with Gasteiger partial charge in [-0.05, 0) is 65.6 Å². The number of aryl methyl sites for hydroxylation is 1. The number of hydrogen-bond donors (Lipinski definition) is 1. The predicted octanol–water partition coefficient (Wildman–Crippen LogP) is 5.65. The van der Waals surface area contributed by atoms with Crippen molar-refractivity contribution < 1.29 is 14.7 Å². The Kier molecular flexibility index (Phi) is 4.55. The minimum absolute atomic E-state index is 0.157. The number of nitrogens with zero attached hydrogens (tertiary/aromatic N) is 2. The number of aromatic hydroxyl groups is 1. The summed E-state index contributed by atoms with van der Waals surface area (Å²) in [4.78, 5) is 34.7. The fourth-order valence-electron chi connectivity index (χ4n) is 6.71. The molecule has 0 saturated carbocycles. The summed E-state index contributed by atoms with van der Waals surface area (Å²) in [7, 11) is 0. The number of rotatable bonds is 3. The van der Waals surface area contributed by atoms with Gasteiger partial charge in [-0.15, -0.1) is 0 Å². The quantitative estimate of drug-likeness (QED) is 0.302. The number of amides is 2. The molecule has 2 unspecified atom stereocenters. The molecule has 4 aromatic rings. The van der Waals surface area contributed by atoms with Crippen LogP contribution in [0.2, 0.25) is 0 Å². The van der Waals surface area contributed by atoms with Crippen LogP contribution in [0.25, 0.3) is 0 Å². The van der Waals surface area contributed by atoms with E-state index in [9.17, 15) is 14.7 Å². The summed E-state index contributed by atoms with van der Waals surface area (Å²) in [5.41, 5.74) is 5.63. The summed E-state index contributed by atoms with van der Waals surface area (Å²) in [5, 5.41) is 9.74. The monoisotopic (exact) mass is 484 g/mol. The molecule has 4 aromatic carbocycles. The SMILES string of the molecule is Cc1ccc(N2C(=O)C3C4c5ccccc5C(C=Nc5ccc(O)cc5)(c5ccccc54)C3C2=O)cc1. The Morgan fingerprint density at radius 3 is 2.00 bits per heavy atom. The lowest BCUT2D eigenvalue weighted by Crippen LogP contribution is -2.54. The Labute approximate surface area is 214 Å². The van der Waals surface area contributed by atoms with Crippen LogP contribution in [0.5, 0.6) is 5.75 Å². The average molecular weight is 485 g/mol. The van der Waals surface area contributed by atoms with Crippen LogP contribution in [0, 0.1) is 18.8 Å². The van der Waals surface area contributed by atoms with Crippen LogP contribution in [0.15, 0.2) is 102 Å². The van der Waals surface area contributed by atoms with Gasteiger partial charge in [0.2, 0.25) is 11.8 Å². The Hall–Kier alpha value is -4.51. The smallest absolute Gasteiger partial charge is 0.239 e. The molecule has 3 aliphatic carbocycles. The van der Waals surface area contributed by atoms with E-state index in [1.165, 1.54) is 4.90 Å². The van der Waals surface area contributed by atoms with Gasteiger partial charge in [0.15, 0.2) is 0 Å². The number of imide groups is 1. The van der Waals surface area contributed by atoms with Crippen molar-refractivity contribution in [2.75, 3.05) is 4.90 Å². The second-order valence-corrected chi connectivity index (χ2v) is 10.1. The van der Waals surface area contributed by atoms with Crippen molar-refractivity contribution in [3.05, 3.63) is 125 Å². The van der Waals surface area contributed by atoms with Gasteiger partial charge in [0.05, 0.1) is 28.6 Å². The lowest BCUT2D eigenvalue weighted by Gasteiger charge is -2.52. The van der Waals surface area contributed by atoms with Crippen molar-refractivity contribution >= 4 is 29.4 Å². The standard InChI is InChI=1S/C32H24N2O3/c1-19-10-14-21(15-11-19)34-30(36)28-27-23-6-2-4-8-25(23)32(29(28)31(34)37,26-9-5-3-7-24(26)27)18-33-20-12-16-22(35)17-13-20/h2-18,27-29,35H,1H3. The topological polar surface area (TPSA) is 70.0 Å². The number of anilines is 1. The first kappa shape index (κ1) is 21.7. The number of aliphatic imine (C=N–C) groups is 1. The van der Waals surface area contributed by atoms with Crippen LogP contribution in [0.1, 0.15) is 33.7 Å². The third kappa shape index (κ3) is 2.88. The van der Waals surface area contributed by atoms with E-state index in [4.69, 9.17) is 4.99 Å². The van der Waals surface area contributed by atoms with Crippen molar-refractivity contribution in [3.8, 4) is 5.75 Å². The largest absolute Gasteiger partial charge is 0.508 e. The van der Waals surface area contributed by atoms with Gasteiger partial charge >= 0.3 is 0 Å². The fraction of sp³-hybridized carbons (Fsp3) is 0.156. The van der Waals surface area contributed by atoms with Gasteiger partial charge in [-0.1, -0.05) is 66.2 Å². The number of benzene rings is 4. The molecule has 5 nitrogen and oxygen atoms in total. The van der Waals surface area contributed by atoms with Crippen LogP contribution < -0.4 is 4.90 Å². The van der Waals surface area contributed by atoms with Gasteiger partial charge in [-0.2, -0.15) is 0 Å². The van der Waals surface area contributed by atoms with E-state index >= 15 is 0 Å². The van der Waals surface area contributed by atoms with Crippen molar-refractivity contribution in [2.45, 2.75) is 18.3 Å². The van der Waals surface area contributed by atoms with Crippen LogP contribution >= 0.6 is 0 Å². The fourth-order valence-corrected chi connectivity index (χ4v) is 6.71. The minimum Gasteiger partial charge on any atom is -0.508 e. The number of hydrogen-bond acceptors (Lipinski definition) is 4. The summed E-state index contributed by atoms with van der Waals surface area (Å²) in [6.07, 6.45) is 1.87. The molecule has 1 aliphatic heterocycles. The molecular weight excluding hydrogens is 460 g/mol. The highest BCUT2D eigenvalue weighted by Gasteiger charge is 2.67. The molecule has 2 atom stereocenters. The van der Waals surface area contributed by atoms with Crippen molar-refractivity contribution in [1.82, 2.24) is 0 Å². The van der Waals surface area contributed by atoms with Crippen LogP contribution in [0.4, 0.5) is 11.4 Å². The van der Waals surface area contributed by atoms with Crippen LogP contribution in [-0.2, 0) is 15.0 Å². The van der Waals surface area contributed by atoms with Gasteiger partial charge < -0.3 is 5.11 Å². The van der Waals surface area contributed by atoms with Crippen LogP contribution in [-0.4, -0.2) is 23.1 Å². The summed E-state index contributed by atoms with van der Waals surface area (Å²) < 4.78 is 0. The molecule has 5 heteroatoms. The Balaban J connectivity index is 1.49. The Morgan fingerprint density at radius 1 is 0.784 bits per heavy atom. The van der Waals surface area contributed by atoms with Crippen molar-refractivity contribution in [3.63, 3.8) is 0 Å². The first-order valence-corrected chi connectivity index (χ1v) is 12.5. The molecule has 2 amide bonds. The molecule has 4 aliphatic rings. The molecule has 1 fully saturated rings. The highest BCUT2D eigenvalue weighted by Crippen LogP contribution is 2.63. The molecule has 1 N–H and O–H groups in total. The van der Waals surface area contributed by atoms with Crippen LogP contribution in [0.3, 0.4) is 0 Å². The van der Waals surface area contributed by atoms with E-state index in [1.807, 2.05) is 61.7 Å². The first-order chi connectivity index (χ1) is 18.0. The molecule has 0 radical (unpaired) electrons. The maximum atomic E-state index is 14.3. The summed E-state index contributed by atoms with van der Waals surface area (Å²) >= 11 is 0. The maximum Gasteiger partial charge on any atom is 0.239 e. The highest BCUT2D eigenvalue weighted by molar-refractivity contribution is 6.25. The van der Waals surface area contributed by atoms with E-state index in [0.717, 1.165) is 27.8 Å². The third-order valence-electron chi connectivity index (χ3n) is 8.24. The zero-order valence-electron chi connectivity index (χ0n) is 20.2. The Morgan fingerprint density at radius 2 is 1.38 bits per heavy atom. The lowest BCUT2D eigenvalue weighted by atomic mass is 9.47. The lowest BCUT2D eigenvalue weighted by molar-refractivity contribution is -0.122. The third-order valence-corrected chi connectivity index (χ3v) is 8.24. The van der Waals surface area contributed by atoms with E-state index in [-0.39, 0.29) is 23.5 Å². The summed E-state index contributed by atoms with van der Waals surface area (Å²) in [6, 6.07) is 30.5. The van der Waals surface area contributed by atoms with E-state index in [0.29, 0.717) is 11.4 Å². The van der Waals surface area contributed by atoms with E-state index < -0.39 is 17.3 Å². The summed E-state index contributed by atoms with van der Waals surface area (Å²) in [6.45, 7) is 1.99. The number of carbonyl (C=O) groups is 2. The van der Waals surface area contributed by atoms with Crippen molar-refractivity contribution in [1.29, 1.82) is 0 Å². The predicted molar refractivity (Wildman–Crippen MR) is 142 cm³/mol. The zero-order valence-corrected chi connectivity index (χ0v) is 20.2. The van der Waals surface area contributed by atoms with E-state index in [2.05, 4.69) is 24.3 Å². The molecule has 8 rings (SSSR count). The molecule has 0 aromatic heterocycles. The van der Waals surface area contributed by atoms with Crippen molar-refractivity contribution in [2.24, 2.45) is 16.8 Å². The van der Waals surface area contributed by atoms with Gasteiger partial charge in [0.25, 0.3) is 0 Å². The van der Waals surface area contributed by atoms with Gasteiger partial charge in [-0.3, -0.25) is 14.6 Å². The number of phenols is 1. The molecule has 1 saturated heterocycles. The highest BCUT2D eigenvalue weighted by atomic mass is 16.3. The minimum atomic E-state index is -0.906. The first-order valence-electron chi connectivity index (χ1n) is 12.5. The second kappa shape index (κ2) is 7.74. The zero-order chi connectivity index (χ0) is 25.3. The number of phenolic OH excluding ortho intramolecular Hbond substituents is 1. The molecule has 0 spiro atoms. The number of carbonyl (C=O) groups excluding carboxylic acids is 2. The van der Waals surface area contributed by atoms with Gasteiger partial charge in [0.1, 0.15) is 5.75 Å². The molecule has 180 valence electrons. The molecule has 1 heterocycles. The maximum absolute atomic E-state index is 14.3. The Bertz CT molecular complexity index is 1560. The second-order valence-electron chi connectivity index (χ2n) is 10.1. The average Bonchev–Trinajstić information content (AvgIpc) is 3.20. The van der Waals surface area contributed by atoms with Gasteiger partial charge in [0, 0.05) is 12.1 Å².